The van der Waals surface area contributed by atoms with Crippen molar-refractivity contribution in [1.29, 1.82) is 0 Å². The van der Waals surface area contributed by atoms with Gasteiger partial charge in [0.15, 0.2) is 0 Å². The number of rotatable bonds is 4. The van der Waals surface area contributed by atoms with Gasteiger partial charge in [-0.2, -0.15) is 5.10 Å². The van der Waals surface area contributed by atoms with Crippen LogP contribution in [0.15, 0.2) is 47.5 Å². The lowest BCUT2D eigenvalue weighted by Gasteiger charge is -2.06. The fraction of sp³-hybridized carbons (Fsp3) is 0.263. The number of ether oxygens (including phenoxy) is 1. The second-order valence-corrected chi connectivity index (χ2v) is 6.58. The van der Waals surface area contributed by atoms with Gasteiger partial charge < -0.3 is 9.72 Å². The molecular formula is C19H18N4O3. The first-order valence-corrected chi connectivity index (χ1v) is 8.38. The number of hydrogen-bond donors (Lipinski definition) is 1. The van der Waals surface area contributed by atoms with Gasteiger partial charge in [0.05, 0.1) is 12.1 Å². The SMILES string of the molecule is Cc1cc(=O)[nH]c(-c2cccc(OC(=O)[C@@H]3C[C@H]3c3cnn(C)c3)c2)n1. The van der Waals surface area contributed by atoms with E-state index in [1.165, 1.54) is 6.07 Å². The first-order valence-electron chi connectivity index (χ1n) is 8.38. The van der Waals surface area contributed by atoms with Crippen LogP contribution in [0.4, 0.5) is 0 Å². The molecule has 1 N–H and O–H groups in total. The molecule has 3 aromatic rings. The topological polar surface area (TPSA) is 89.9 Å². The Morgan fingerprint density at radius 1 is 1.35 bits per heavy atom. The number of aromatic nitrogens is 4. The Labute approximate surface area is 149 Å². The number of hydrogen-bond acceptors (Lipinski definition) is 5. The van der Waals surface area contributed by atoms with E-state index in [0.717, 1.165) is 12.0 Å². The molecular weight excluding hydrogens is 332 g/mol. The number of H-pyrrole nitrogens is 1. The van der Waals surface area contributed by atoms with Crippen LogP contribution in [0.3, 0.4) is 0 Å². The van der Waals surface area contributed by atoms with E-state index in [9.17, 15) is 9.59 Å². The van der Waals surface area contributed by atoms with E-state index < -0.39 is 0 Å². The molecule has 1 saturated carbocycles. The average molecular weight is 350 g/mol. The minimum Gasteiger partial charge on any atom is -0.426 e. The fourth-order valence-corrected chi connectivity index (χ4v) is 3.07. The Morgan fingerprint density at radius 2 is 2.19 bits per heavy atom. The van der Waals surface area contributed by atoms with Gasteiger partial charge in [0, 0.05) is 36.5 Å². The van der Waals surface area contributed by atoms with Crippen LogP contribution in [-0.4, -0.2) is 25.7 Å². The predicted molar refractivity (Wildman–Crippen MR) is 94.7 cm³/mol. The third kappa shape index (κ3) is 3.28. The first kappa shape index (κ1) is 16.3. The number of esters is 1. The van der Waals surface area contributed by atoms with Crippen LogP contribution in [0.1, 0.15) is 23.6 Å². The fourth-order valence-electron chi connectivity index (χ4n) is 3.07. The number of benzene rings is 1. The third-order valence-corrected chi connectivity index (χ3v) is 4.44. The van der Waals surface area contributed by atoms with Crippen molar-refractivity contribution in [3.8, 4) is 17.1 Å². The monoisotopic (exact) mass is 350 g/mol. The Kier molecular flexibility index (Phi) is 3.91. The summed E-state index contributed by atoms with van der Waals surface area (Å²) in [5.74, 6) is 0.677. The molecule has 1 aliphatic carbocycles. The molecule has 4 rings (SSSR count). The molecule has 132 valence electrons. The van der Waals surface area contributed by atoms with E-state index in [1.54, 1.807) is 36.0 Å². The molecule has 1 aromatic carbocycles. The van der Waals surface area contributed by atoms with Crippen LogP contribution in [0.2, 0.25) is 0 Å². The lowest BCUT2D eigenvalue weighted by Crippen LogP contribution is -2.11. The smallest absolute Gasteiger partial charge is 0.314 e. The quantitative estimate of drug-likeness (QED) is 0.575. The van der Waals surface area contributed by atoms with E-state index in [4.69, 9.17) is 4.74 Å². The molecule has 0 aliphatic heterocycles. The lowest BCUT2D eigenvalue weighted by atomic mass is 10.2. The number of carbonyl (C=O) groups excluding carboxylic acids is 1. The molecule has 2 atom stereocenters. The van der Waals surface area contributed by atoms with Crippen molar-refractivity contribution >= 4 is 5.97 Å². The van der Waals surface area contributed by atoms with Gasteiger partial charge in [0.25, 0.3) is 5.56 Å². The lowest BCUT2D eigenvalue weighted by molar-refractivity contribution is -0.135. The predicted octanol–water partition coefficient (Wildman–Crippen LogP) is 2.19. The van der Waals surface area contributed by atoms with Crippen molar-refractivity contribution in [3.63, 3.8) is 0 Å². The van der Waals surface area contributed by atoms with Gasteiger partial charge in [0.1, 0.15) is 11.6 Å². The van der Waals surface area contributed by atoms with Crippen molar-refractivity contribution in [2.45, 2.75) is 19.3 Å². The molecule has 1 fully saturated rings. The van der Waals surface area contributed by atoms with Crippen LogP contribution in [0.25, 0.3) is 11.4 Å². The summed E-state index contributed by atoms with van der Waals surface area (Å²) in [6.07, 6.45) is 4.49. The number of nitrogens with one attached hydrogen (secondary N) is 1. The second kappa shape index (κ2) is 6.25. The maximum Gasteiger partial charge on any atom is 0.314 e. The highest BCUT2D eigenvalue weighted by molar-refractivity contribution is 5.80. The van der Waals surface area contributed by atoms with E-state index >= 15 is 0 Å². The standard InChI is InChI=1S/C19H18N4O3/c1-11-6-17(24)22-18(21-11)12-4-3-5-14(7-12)26-19(25)16-8-15(16)13-9-20-23(2)10-13/h3-7,9-10,15-16H,8H2,1-2H3,(H,21,22,24)/t15-,16+/m0/s1. The van der Waals surface area contributed by atoms with Crippen LogP contribution in [-0.2, 0) is 11.8 Å². The van der Waals surface area contributed by atoms with Gasteiger partial charge in [-0.25, -0.2) is 4.98 Å². The van der Waals surface area contributed by atoms with Crippen molar-refractivity contribution in [3.05, 3.63) is 64.3 Å². The van der Waals surface area contributed by atoms with Crippen LogP contribution in [0.5, 0.6) is 5.75 Å². The van der Waals surface area contributed by atoms with Gasteiger partial charge >= 0.3 is 5.97 Å². The summed E-state index contributed by atoms with van der Waals surface area (Å²) < 4.78 is 7.26. The van der Waals surface area contributed by atoms with E-state index in [1.807, 2.05) is 19.3 Å². The van der Waals surface area contributed by atoms with Crippen molar-refractivity contribution in [2.24, 2.45) is 13.0 Å². The summed E-state index contributed by atoms with van der Waals surface area (Å²) in [5.41, 5.74) is 2.16. The van der Waals surface area contributed by atoms with E-state index in [2.05, 4.69) is 15.1 Å². The summed E-state index contributed by atoms with van der Waals surface area (Å²) in [4.78, 5) is 31.0. The van der Waals surface area contributed by atoms with Crippen LogP contribution < -0.4 is 10.3 Å². The van der Waals surface area contributed by atoms with Gasteiger partial charge in [0.2, 0.25) is 0 Å². The van der Waals surface area contributed by atoms with Crippen LogP contribution >= 0.6 is 0 Å². The molecule has 26 heavy (non-hydrogen) atoms. The first-order chi connectivity index (χ1) is 12.5. The zero-order valence-electron chi connectivity index (χ0n) is 14.5. The average Bonchev–Trinajstić information content (AvgIpc) is 3.29. The Morgan fingerprint density at radius 3 is 2.92 bits per heavy atom. The summed E-state index contributed by atoms with van der Waals surface area (Å²) in [7, 11) is 1.86. The molecule has 0 unspecified atom stereocenters. The number of carbonyl (C=O) groups is 1. The largest absolute Gasteiger partial charge is 0.426 e. The molecule has 0 spiro atoms. The Bertz CT molecular complexity index is 1040. The van der Waals surface area contributed by atoms with Gasteiger partial charge in [-0.1, -0.05) is 12.1 Å². The molecule has 7 nitrogen and oxygen atoms in total. The van der Waals surface area contributed by atoms with Crippen molar-refractivity contribution in [2.75, 3.05) is 0 Å². The summed E-state index contributed by atoms with van der Waals surface area (Å²) in [6, 6.07) is 8.43. The zero-order chi connectivity index (χ0) is 18.3. The molecule has 1 aliphatic rings. The van der Waals surface area contributed by atoms with Crippen molar-refractivity contribution < 1.29 is 9.53 Å². The Hall–Kier alpha value is -3.22. The number of aryl methyl sites for hydroxylation is 2. The van der Waals surface area contributed by atoms with Crippen molar-refractivity contribution in [1.82, 2.24) is 19.7 Å². The van der Waals surface area contributed by atoms with E-state index in [-0.39, 0.29) is 23.4 Å². The third-order valence-electron chi connectivity index (χ3n) is 4.44. The minimum atomic E-state index is -0.248. The molecule has 0 bridgehead atoms. The molecule has 7 heteroatoms. The normalized spacial score (nSPS) is 18.5. The molecule has 0 radical (unpaired) electrons. The number of aromatic amines is 1. The van der Waals surface area contributed by atoms with E-state index in [0.29, 0.717) is 22.8 Å². The van der Waals surface area contributed by atoms with Crippen LogP contribution in [0, 0.1) is 12.8 Å². The minimum absolute atomic E-state index is 0.139. The van der Waals surface area contributed by atoms with Gasteiger partial charge in [-0.05, 0) is 31.0 Å². The molecule has 0 saturated heterocycles. The number of nitrogens with zero attached hydrogens (tertiary/aromatic N) is 3. The van der Waals surface area contributed by atoms with Gasteiger partial charge in [-0.15, -0.1) is 0 Å². The Balaban J connectivity index is 1.49. The molecule has 0 amide bonds. The summed E-state index contributed by atoms with van der Waals surface area (Å²) in [6.45, 7) is 1.76. The van der Waals surface area contributed by atoms with Gasteiger partial charge in [-0.3, -0.25) is 14.3 Å². The zero-order valence-corrected chi connectivity index (χ0v) is 14.5. The second-order valence-electron chi connectivity index (χ2n) is 6.58. The highest BCUT2D eigenvalue weighted by Gasteiger charge is 2.46. The highest BCUT2D eigenvalue weighted by atomic mass is 16.5. The summed E-state index contributed by atoms with van der Waals surface area (Å²) >= 11 is 0. The maximum atomic E-state index is 12.4. The molecule has 2 heterocycles. The highest BCUT2D eigenvalue weighted by Crippen LogP contribution is 2.48. The maximum absolute atomic E-state index is 12.4. The summed E-state index contributed by atoms with van der Waals surface area (Å²) in [5, 5.41) is 4.14. The molecule has 2 aromatic heterocycles.